The van der Waals surface area contributed by atoms with Crippen molar-refractivity contribution in [3.63, 3.8) is 0 Å². The monoisotopic (exact) mass is 421 g/mol. The molecule has 0 aliphatic heterocycles. The van der Waals surface area contributed by atoms with E-state index in [-0.39, 0.29) is 11.7 Å². The zero-order valence-electron chi connectivity index (χ0n) is 18.2. The summed E-state index contributed by atoms with van der Waals surface area (Å²) in [7, 11) is 0. The Bertz CT molecular complexity index is 1000. The predicted molar refractivity (Wildman–Crippen MR) is 120 cm³/mol. The minimum atomic E-state index is -0.541. The number of ether oxygens (including phenoxy) is 2. The number of nitrogens with one attached hydrogen (secondary N) is 1. The number of carbonyl (C=O) groups is 1. The molecule has 1 atom stereocenters. The normalized spacial score (nSPS) is 11.6. The molecule has 0 spiro atoms. The second-order valence-electron chi connectivity index (χ2n) is 7.54. The number of carbonyl (C=O) groups excluding carboxylic acids is 1. The molecule has 0 saturated carbocycles. The van der Waals surface area contributed by atoms with Crippen LogP contribution in [0, 0.1) is 19.7 Å². The number of hydrogen-bond donors (Lipinski definition) is 1. The first-order chi connectivity index (χ1) is 14.9. The number of rotatable bonds is 9. The standard InChI is InChI=1S/C26H28FNO3/c1-4-25(31-24-12-5-18(2)19(3)15-24)26(29)28-16-20-8-13-23(14-9-20)30-17-21-6-10-22(27)11-7-21/h5-15,25H,4,16-17H2,1-3H3,(H,28,29)/t25-/m1/s1. The molecule has 1 N–H and O–H groups in total. The van der Waals surface area contributed by atoms with Crippen LogP contribution < -0.4 is 14.8 Å². The van der Waals surface area contributed by atoms with Crippen molar-refractivity contribution in [2.75, 3.05) is 0 Å². The first kappa shape index (κ1) is 22.3. The lowest BCUT2D eigenvalue weighted by Crippen LogP contribution is -2.37. The smallest absolute Gasteiger partial charge is 0.261 e. The molecule has 5 heteroatoms. The molecule has 3 aromatic carbocycles. The molecule has 0 unspecified atom stereocenters. The van der Waals surface area contributed by atoms with E-state index >= 15 is 0 Å². The number of aryl methyl sites for hydroxylation is 2. The molecule has 4 nitrogen and oxygen atoms in total. The van der Waals surface area contributed by atoms with Crippen molar-refractivity contribution in [1.82, 2.24) is 5.32 Å². The van der Waals surface area contributed by atoms with Crippen molar-refractivity contribution in [3.05, 3.63) is 94.8 Å². The van der Waals surface area contributed by atoms with Crippen LogP contribution >= 0.6 is 0 Å². The third-order valence-corrected chi connectivity index (χ3v) is 5.13. The Balaban J connectivity index is 1.49. The van der Waals surface area contributed by atoms with E-state index in [9.17, 15) is 9.18 Å². The summed E-state index contributed by atoms with van der Waals surface area (Å²) in [6, 6.07) is 19.6. The van der Waals surface area contributed by atoms with Crippen LogP contribution in [0.3, 0.4) is 0 Å². The Hall–Kier alpha value is -3.34. The molecular weight excluding hydrogens is 393 g/mol. The summed E-state index contributed by atoms with van der Waals surface area (Å²) in [5, 5.41) is 2.94. The Morgan fingerprint density at radius 1 is 0.903 bits per heavy atom. The summed E-state index contributed by atoms with van der Waals surface area (Å²) in [4.78, 5) is 12.6. The van der Waals surface area contributed by atoms with Crippen molar-refractivity contribution in [2.45, 2.75) is 46.4 Å². The van der Waals surface area contributed by atoms with E-state index in [4.69, 9.17) is 9.47 Å². The molecule has 0 aliphatic carbocycles. The zero-order chi connectivity index (χ0) is 22.2. The fourth-order valence-electron chi connectivity index (χ4n) is 3.03. The summed E-state index contributed by atoms with van der Waals surface area (Å²) in [5.74, 6) is 1.01. The summed E-state index contributed by atoms with van der Waals surface area (Å²) >= 11 is 0. The summed E-state index contributed by atoms with van der Waals surface area (Å²) < 4.78 is 24.6. The quantitative estimate of drug-likeness (QED) is 0.497. The maximum atomic E-state index is 13.0. The minimum Gasteiger partial charge on any atom is -0.489 e. The average molecular weight is 422 g/mol. The topological polar surface area (TPSA) is 47.6 Å². The summed E-state index contributed by atoms with van der Waals surface area (Å²) in [6.45, 7) is 6.77. The van der Waals surface area contributed by atoms with Crippen LogP contribution in [0.1, 0.15) is 35.6 Å². The summed E-state index contributed by atoms with van der Waals surface area (Å²) in [5.41, 5.74) is 4.18. The highest BCUT2D eigenvalue weighted by Gasteiger charge is 2.18. The molecule has 0 radical (unpaired) electrons. The maximum Gasteiger partial charge on any atom is 0.261 e. The largest absolute Gasteiger partial charge is 0.489 e. The number of hydrogen-bond acceptors (Lipinski definition) is 3. The molecule has 0 fully saturated rings. The van der Waals surface area contributed by atoms with Gasteiger partial charge >= 0.3 is 0 Å². The molecule has 162 valence electrons. The van der Waals surface area contributed by atoms with Crippen LogP contribution in [0.25, 0.3) is 0 Å². The molecule has 0 heterocycles. The third-order valence-electron chi connectivity index (χ3n) is 5.13. The van der Waals surface area contributed by atoms with Gasteiger partial charge in [-0.2, -0.15) is 0 Å². The van der Waals surface area contributed by atoms with Gasteiger partial charge in [0, 0.05) is 6.54 Å². The molecule has 1 amide bonds. The molecule has 31 heavy (non-hydrogen) atoms. The van der Waals surface area contributed by atoms with E-state index < -0.39 is 6.10 Å². The van der Waals surface area contributed by atoms with E-state index in [1.165, 1.54) is 17.7 Å². The Morgan fingerprint density at radius 3 is 2.19 bits per heavy atom. The van der Waals surface area contributed by atoms with Crippen LogP contribution in [0.2, 0.25) is 0 Å². The molecule has 0 aromatic heterocycles. The van der Waals surface area contributed by atoms with Gasteiger partial charge in [-0.25, -0.2) is 4.39 Å². The molecule has 0 saturated heterocycles. The van der Waals surface area contributed by atoms with Gasteiger partial charge in [-0.15, -0.1) is 0 Å². The van der Waals surface area contributed by atoms with Gasteiger partial charge in [0.15, 0.2) is 6.10 Å². The van der Waals surface area contributed by atoms with Gasteiger partial charge in [0.1, 0.15) is 23.9 Å². The van der Waals surface area contributed by atoms with Crippen LogP contribution in [0.4, 0.5) is 4.39 Å². The van der Waals surface area contributed by atoms with Gasteiger partial charge in [0.25, 0.3) is 5.91 Å². The van der Waals surface area contributed by atoms with E-state index in [2.05, 4.69) is 5.32 Å². The van der Waals surface area contributed by atoms with Crippen molar-refractivity contribution < 1.29 is 18.7 Å². The lowest BCUT2D eigenvalue weighted by Gasteiger charge is -2.18. The Kier molecular flexibility index (Phi) is 7.65. The lowest BCUT2D eigenvalue weighted by atomic mass is 10.1. The van der Waals surface area contributed by atoms with E-state index in [0.29, 0.717) is 31.1 Å². The Labute approximate surface area is 183 Å². The van der Waals surface area contributed by atoms with E-state index in [1.54, 1.807) is 12.1 Å². The lowest BCUT2D eigenvalue weighted by molar-refractivity contribution is -0.128. The van der Waals surface area contributed by atoms with E-state index in [0.717, 1.165) is 16.7 Å². The van der Waals surface area contributed by atoms with Gasteiger partial charge in [0.2, 0.25) is 0 Å². The first-order valence-electron chi connectivity index (χ1n) is 10.4. The van der Waals surface area contributed by atoms with Crippen molar-refractivity contribution >= 4 is 5.91 Å². The van der Waals surface area contributed by atoms with Gasteiger partial charge in [-0.1, -0.05) is 37.3 Å². The highest BCUT2D eigenvalue weighted by atomic mass is 19.1. The SMILES string of the molecule is CC[C@@H](Oc1ccc(C)c(C)c1)C(=O)NCc1ccc(OCc2ccc(F)cc2)cc1. The maximum absolute atomic E-state index is 13.0. The molecule has 0 aliphatic rings. The number of halogens is 1. The van der Waals surface area contributed by atoms with Gasteiger partial charge in [-0.3, -0.25) is 4.79 Å². The molecule has 3 aromatic rings. The average Bonchev–Trinajstić information content (AvgIpc) is 2.78. The van der Waals surface area contributed by atoms with Gasteiger partial charge in [0.05, 0.1) is 0 Å². The first-order valence-corrected chi connectivity index (χ1v) is 10.4. The second-order valence-corrected chi connectivity index (χ2v) is 7.54. The highest BCUT2D eigenvalue weighted by Crippen LogP contribution is 2.19. The van der Waals surface area contributed by atoms with Crippen molar-refractivity contribution in [2.24, 2.45) is 0 Å². The third kappa shape index (κ3) is 6.57. The fourth-order valence-corrected chi connectivity index (χ4v) is 3.03. The van der Waals surface area contributed by atoms with Gasteiger partial charge < -0.3 is 14.8 Å². The molecule has 0 bridgehead atoms. The number of benzene rings is 3. The predicted octanol–water partition coefficient (Wildman–Crippen LogP) is 5.50. The fraction of sp³-hybridized carbons (Fsp3) is 0.269. The van der Waals surface area contributed by atoms with Crippen molar-refractivity contribution in [3.8, 4) is 11.5 Å². The van der Waals surface area contributed by atoms with Crippen LogP contribution in [-0.2, 0) is 17.9 Å². The molecular formula is C26H28FNO3. The zero-order valence-corrected chi connectivity index (χ0v) is 18.2. The number of amides is 1. The van der Waals surface area contributed by atoms with Crippen LogP contribution in [-0.4, -0.2) is 12.0 Å². The minimum absolute atomic E-state index is 0.141. The van der Waals surface area contributed by atoms with Crippen LogP contribution in [0.5, 0.6) is 11.5 Å². The van der Waals surface area contributed by atoms with E-state index in [1.807, 2.05) is 63.2 Å². The molecule has 3 rings (SSSR count). The van der Waals surface area contributed by atoms with Crippen molar-refractivity contribution in [1.29, 1.82) is 0 Å². The second kappa shape index (κ2) is 10.6. The van der Waals surface area contributed by atoms with Crippen LogP contribution in [0.15, 0.2) is 66.7 Å². The Morgan fingerprint density at radius 2 is 1.55 bits per heavy atom. The highest BCUT2D eigenvalue weighted by molar-refractivity contribution is 5.81. The summed E-state index contributed by atoms with van der Waals surface area (Å²) in [6.07, 6.45) is 0.0370. The van der Waals surface area contributed by atoms with Gasteiger partial charge in [-0.05, 0) is 78.9 Å².